The lowest BCUT2D eigenvalue weighted by Crippen LogP contribution is -2.08. The van der Waals surface area contributed by atoms with E-state index in [4.69, 9.17) is 22.3 Å². The number of thiazole rings is 1. The van der Waals surface area contributed by atoms with Crippen molar-refractivity contribution in [3.63, 3.8) is 0 Å². The predicted molar refractivity (Wildman–Crippen MR) is 113 cm³/mol. The molecule has 0 radical (unpaired) electrons. The third kappa shape index (κ3) is 5.66. The number of rotatable bonds is 6. The molecule has 0 saturated heterocycles. The number of nitrogen functional groups attached to an aromatic ring is 1. The summed E-state index contributed by atoms with van der Waals surface area (Å²) >= 11 is 1.28. The van der Waals surface area contributed by atoms with Crippen LogP contribution in [-0.4, -0.2) is 23.8 Å². The van der Waals surface area contributed by atoms with Crippen molar-refractivity contribution in [3.8, 4) is 12.3 Å². The van der Waals surface area contributed by atoms with E-state index in [1.807, 2.05) is 19.1 Å². The number of esters is 1. The van der Waals surface area contributed by atoms with Crippen molar-refractivity contribution in [2.45, 2.75) is 19.8 Å². The van der Waals surface area contributed by atoms with Gasteiger partial charge in [-0.3, -0.25) is 5.41 Å². The zero-order valence-corrected chi connectivity index (χ0v) is 16.4. The molecule has 0 spiro atoms. The average Bonchev–Trinajstić information content (AvgIpc) is 3.08. The first-order valence-electron chi connectivity index (χ1n) is 8.08. The molecule has 1 heterocycles. The third-order valence-electron chi connectivity index (χ3n) is 3.48. The Balaban J connectivity index is 0.000000646. The highest BCUT2D eigenvalue weighted by atomic mass is 32.1. The number of methoxy groups -OCH3 is 1. The maximum absolute atomic E-state index is 11.8. The van der Waals surface area contributed by atoms with Gasteiger partial charge in [-0.05, 0) is 12.5 Å². The molecule has 0 aliphatic heterocycles. The second-order valence-electron chi connectivity index (χ2n) is 5.38. The summed E-state index contributed by atoms with van der Waals surface area (Å²) in [5, 5.41) is 8.78. The van der Waals surface area contributed by atoms with Gasteiger partial charge in [-0.2, -0.15) is 0 Å². The Labute approximate surface area is 164 Å². The predicted octanol–water partition coefficient (Wildman–Crippen LogP) is 4.16. The first-order chi connectivity index (χ1) is 12.9. The molecule has 2 aromatic rings. The number of aromatic nitrogens is 1. The second-order valence-corrected chi connectivity index (χ2v) is 6.47. The molecule has 3 N–H and O–H groups in total. The molecule has 0 unspecified atom stereocenters. The van der Waals surface area contributed by atoms with E-state index in [-0.39, 0.29) is 11.4 Å². The molecule has 0 amide bonds. The number of ether oxygens (including phenoxy) is 1. The minimum Gasteiger partial charge on any atom is -0.464 e. The number of nitrogens with zero attached hydrogens (tertiary/aromatic N) is 1. The van der Waals surface area contributed by atoms with Crippen molar-refractivity contribution < 1.29 is 9.53 Å². The van der Waals surface area contributed by atoms with Crippen LogP contribution in [0.5, 0.6) is 0 Å². The number of carbonyl (C=O) groups is 1. The van der Waals surface area contributed by atoms with Gasteiger partial charge in [0.05, 0.1) is 12.8 Å². The standard InChI is InChI=1S/C16H17N3O2S.C5H6/c1-4-6-11-14(16(20)21-3)19-15(22-11)13(18)10-8-5-7-9(2)12(10)17;1-3-5-4-2/h4-5,7-8,18H,1,6,17H2,2-3H3;1,4H,2,5H2. The van der Waals surface area contributed by atoms with Crippen LogP contribution >= 0.6 is 11.3 Å². The van der Waals surface area contributed by atoms with Crippen LogP contribution in [0.1, 0.15) is 37.9 Å². The molecule has 0 bridgehead atoms. The van der Waals surface area contributed by atoms with E-state index >= 15 is 0 Å². The van der Waals surface area contributed by atoms with Crippen LogP contribution < -0.4 is 5.73 Å². The van der Waals surface area contributed by atoms with Crippen molar-refractivity contribution in [2.75, 3.05) is 12.8 Å². The third-order valence-corrected chi connectivity index (χ3v) is 4.57. The zero-order chi connectivity index (χ0) is 20.4. The Bertz CT molecular complexity index is 891. The number of anilines is 1. The highest BCUT2D eigenvalue weighted by Crippen LogP contribution is 2.26. The quantitative estimate of drug-likeness (QED) is 0.258. The van der Waals surface area contributed by atoms with E-state index in [1.165, 1.54) is 18.4 Å². The lowest BCUT2D eigenvalue weighted by atomic mass is 10.0. The summed E-state index contributed by atoms with van der Waals surface area (Å²) in [5.74, 6) is 1.89. The maximum atomic E-state index is 11.8. The van der Waals surface area contributed by atoms with Crippen molar-refractivity contribution in [3.05, 3.63) is 70.2 Å². The van der Waals surface area contributed by atoms with Crippen molar-refractivity contribution >= 4 is 28.7 Å². The van der Waals surface area contributed by atoms with Gasteiger partial charge in [-0.15, -0.1) is 36.8 Å². The zero-order valence-electron chi connectivity index (χ0n) is 15.5. The molecule has 0 saturated carbocycles. The van der Waals surface area contributed by atoms with E-state index in [2.05, 4.69) is 24.1 Å². The molecule has 0 aliphatic carbocycles. The Morgan fingerprint density at radius 3 is 2.67 bits per heavy atom. The number of nitrogens with one attached hydrogen (secondary N) is 1. The van der Waals surface area contributed by atoms with E-state index in [0.29, 0.717) is 29.1 Å². The fraction of sp³-hybridized carbons (Fsp3) is 0.190. The van der Waals surface area contributed by atoms with Gasteiger partial charge in [0, 0.05) is 29.0 Å². The topological polar surface area (TPSA) is 89.1 Å². The molecule has 2 rings (SSSR count). The SMILES string of the molecule is C#CCC=C.C=CCc1sc(C(=N)c2cccc(C)c2N)nc1C(=O)OC. The molecule has 0 atom stereocenters. The van der Waals surface area contributed by atoms with Gasteiger partial charge in [-0.25, -0.2) is 9.78 Å². The summed E-state index contributed by atoms with van der Waals surface area (Å²) in [5.41, 5.74) is 8.53. The molecule has 5 nitrogen and oxygen atoms in total. The number of carbonyl (C=O) groups excluding carboxylic acids is 1. The lowest BCUT2D eigenvalue weighted by Gasteiger charge is -2.07. The summed E-state index contributed by atoms with van der Waals surface area (Å²) in [4.78, 5) is 16.8. The van der Waals surface area contributed by atoms with Crippen LogP contribution in [0.15, 0.2) is 43.5 Å². The van der Waals surface area contributed by atoms with Crippen LogP contribution in [0.4, 0.5) is 5.69 Å². The molecular weight excluding hydrogens is 358 g/mol. The molecule has 1 aromatic heterocycles. The van der Waals surface area contributed by atoms with Crippen molar-refractivity contribution in [1.29, 1.82) is 5.41 Å². The minimum atomic E-state index is -0.510. The van der Waals surface area contributed by atoms with Gasteiger partial charge < -0.3 is 10.5 Å². The lowest BCUT2D eigenvalue weighted by molar-refractivity contribution is 0.0594. The fourth-order valence-electron chi connectivity index (χ4n) is 2.08. The molecule has 0 fully saturated rings. The Morgan fingerprint density at radius 1 is 1.44 bits per heavy atom. The van der Waals surface area contributed by atoms with Crippen LogP contribution in [0.2, 0.25) is 0 Å². The van der Waals surface area contributed by atoms with E-state index < -0.39 is 5.97 Å². The van der Waals surface area contributed by atoms with Crippen LogP contribution in [-0.2, 0) is 11.2 Å². The number of allylic oxidation sites excluding steroid dienone is 2. The van der Waals surface area contributed by atoms with Crippen LogP contribution in [0, 0.1) is 24.7 Å². The summed E-state index contributed by atoms with van der Waals surface area (Å²) in [6.45, 7) is 8.97. The summed E-state index contributed by atoms with van der Waals surface area (Å²) < 4.78 is 4.74. The van der Waals surface area contributed by atoms with Gasteiger partial charge in [0.2, 0.25) is 0 Å². The smallest absolute Gasteiger partial charge is 0.357 e. The summed E-state index contributed by atoms with van der Waals surface area (Å²) in [6, 6.07) is 5.50. The normalized spacial score (nSPS) is 9.37. The molecule has 27 heavy (non-hydrogen) atoms. The number of para-hydroxylation sites is 1. The number of nitrogens with two attached hydrogens (primary N) is 1. The number of terminal acetylenes is 1. The fourth-order valence-corrected chi connectivity index (χ4v) is 3.09. The largest absolute Gasteiger partial charge is 0.464 e. The molecule has 6 heteroatoms. The van der Waals surface area contributed by atoms with Gasteiger partial charge in [0.25, 0.3) is 0 Å². The summed E-state index contributed by atoms with van der Waals surface area (Å²) in [7, 11) is 1.31. The van der Waals surface area contributed by atoms with Gasteiger partial charge >= 0.3 is 5.97 Å². The minimum absolute atomic E-state index is 0.201. The summed E-state index contributed by atoms with van der Waals surface area (Å²) in [6.07, 6.45) is 9.38. The van der Waals surface area contributed by atoms with Gasteiger partial charge in [0.15, 0.2) is 5.69 Å². The second kappa shape index (κ2) is 10.7. The molecule has 140 valence electrons. The van der Waals surface area contributed by atoms with E-state index in [9.17, 15) is 4.79 Å². The Morgan fingerprint density at radius 2 is 2.15 bits per heavy atom. The number of aryl methyl sites for hydroxylation is 1. The average molecular weight is 382 g/mol. The number of hydrogen-bond acceptors (Lipinski definition) is 6. The Kier molecular flexibility index (Phi) is 8.70. The van der Waals surface area contributed by atoms with Crippen molar-refractivity contribution in [2.24, 2.45) is 0 Å². The monoisotopic (exact) mass is 381 g/mol. The number of benzene rings is 1. The van der Waals surface area contributed by atoms with Gasteiger partial charge in [-0.1, -0.05) is 30.4 Å². The van der Waals surface area contributed by atoms with E-state index in [0.717, 1.165) is 10.4 Å². The maximum Gasteiger partial charge on any atom is 0.357 e. The Hall–Kier alpha value is -3.17. The van der Waals surface area contributed by atoms with Crippen molar-refractivity contribution in [1.82, 2.24) is 4.98 Å². The first kappa shape index (κ1) is 21.9. The number of hydrogen-bond donors (Lipinski definition) is 2. The highest BCUT2D eigenvalue weighted by Gasteiger charge is 2.21. The highest BCUT2D eigenvalue weighted by molar-refractivity contribution is 7.14. The van der Waals surface area contributed by atoms with Crippen LogP contribution in [0.25, 0.3) is 0 Å². The van der Waals surface area contributed by atoms with Gasteiger partial charge in [0.1, 0.15) is 5.01 Å². The first-order valence-corrected chi connectivity index (χ1v) is 8.90. The molecule has 1 aromatic carbocycles. The molecular formula is C21H23N3O2S. The van der Waals surface area contributed by atoms with Crippen LogP contribution in [0.3, 0.4) is 0 Å². The van der Waals surface area contributed by atoms with E-state index in [1.54, 1.807) is 18.2 Å². The molecule has 0 aliphatic rings.